The maximum absolute atomic E-state index is 11.8. The van der Waals surface area contributed by atoms with E-state index in [1.165, 1.54) is 60.7 Å². The molecule has 0 aliphatic heterocycles. The number of hydrogen-bond donors (Lipinski definition) is 6. The first-order valence-electron chi connectivity index (χ1n) is 9.14. The summed E-state index contributed by atoms with van der Waals surface area (Å²) in [6.45, 7) is 0. The highest BCUT2D eigenvalue weighted by Crippen LogP contribution is 2.30. The van der Waals surface area contributed by atoms with E-state index < -0.39 is 23.8 Å². The van der Waals surface area contributed by atoms with Gasteiger partial charge in [0, 0.05) is 22.5 Å². The lowest BCUT2D eigenvalue weighted by atomic mass is 10.0. The predicted octanol–water partition coefficient (Wildman–Crippen LogP) is 2.77. The Kier molecular flexibility index (Phi) is 6.06. The van der Waals surface area contributed by atoms with Gasteiger partial charge in [0.15, 0.2) is 0 Å². The predicted molar refractivity (Wildman–Crippen MR) is 117 cm³/mol. The van der Waals surface area contributed by atoms with Gasteiger partial charge in [0.1, 0.15) is 0 Å². The standard InChI is InChI=1S/C22H18N4O6/c23-19(27)11-1-5-13(6-2-11)25-17-9-16(22(31)32)18(10-15(17)21(29)30)26-14-7-3-12(4-8-14)20(24)28/h1-10,25-26H,(H2,23,27)(H2,24,28)(H,29,30)(H,31,32). The molecule has 8 N–H and O–H groups in total. The summed E-state index contributed by atoms with van der Waals surface area (Å²) in [6.07, 6.45) is 0. The Morgan fingerprint density at radius 1 is 0.594 bits per heavy atom. The maximum atomic E-state index is 11.8. The molecule has 32 heavy (non-hydrogen) atoms. The molecule has 10 nitrogen and oxygen atoms in total. The number of carbonyl (C=O) groups excluding carboxylic acids is 2. The Morgan fingerprint density at radius 2 is 0.906 bits per heavy atom. The highest BCUT2D eigenvalue weighted by Gasteiger charge is 2.19. The zero-order chi connectivity index (χ0) is 23.4. The second-order valence-electron chi connectivity index (χ2n) is 6.69. The number of aromatic carboxylic acids is 2. The zero-order valence-electron chi connectivity index (χ0n) is 16.5. The fourth-order valence-electron chi connectivity index (χ4n) is 2.91. The quantitative estimate of drug-likeness (QED) is 0.312. The molecule has 0 aromatic heterocycles. The van der Waals surface area contributed by atoms with Crippen LogP contribution in [0.3, 0.4) is 0 Å². The van der Waals surface area contributed by atoms with Gasteiger partial charge in [-0.15, -0.1) is 0 Å². The largest absolute Gasteiger partial charge is 0.478 e. The van der Waals surface area contributed by atoms with Crippen molar-refractivity contribution in [3.8, 4) is 0 Å². The van der Waals surface area contributed by atoms with Gasteiger partial charge in [-0.2, -0.15) is 0 Å². The minimum atomic E-state index is -1.29. The van der Waals surface area contributed by atoms with E-state index >= 15 is 0 Å². The molecule has 3 aromatic rings. The summed E-state index contributed by atoms with van der Waals surface area (Å²) in [5.41, 5.74) is 11.5. The molecule has 162 valence electrons. The van der Waals surface area contributed by atoms with Crippen molar-refractivity contribution >= 4 is 46.5 Å². The summed E-state index contributed by atoms with van der Waals surface area (Å²) >= 11 is 0. The van der Waals surface area contributed by atoms with Gasteiger partial charge in [0.05, 0.1) is 22.5 Å². The summed E-state index contributed by atoms with van der Waals surface area (Å²) in [7, 11) is 0. The average Bonchev–Trinajstić information content (AvgIpc) is 2.74. The molecule has 3 aromatic carbocycles. The fourth-order valence-corrected chi connectivity index (χ4v) is 2.91. The molecule has 0 unspecified atom stereocenters. The molecule has 0 aliphatic carbocycles. The van der Waals surface area contributed by atoms with E-state index in [1.807, 2.05) is 0 Å². The lowest BCUT2D eigenvalue weighted by Crippen LogP contribution is -2.11. The molecular weight excluding hydrogens is 416 g/mol. The average molecular weight is 434 g/mol. The van der Waals surface area contributed by atoms with Crippen molar-refractivity contribution < 1.29 is 29.4 Å². The number of hydrogen-bond acceptors (Lipinski definition) is 6. The highest BCUT2D eigenvalue weighted by molar-refractivity contribution is 6.03. The number of carbonyl (C=O) groups is 4. The number of rotatable bonds is 8. The topological polar surface area (TPSA) is 185 Å². The van der Waals surface area contributed by atoms with Crippen molar-refractivity contribution in [2.45, 2.75) is 0 Å². The minimum Gasteiger partial charge on any atom is -0.478 e. The van der Waals surface area contributed by atoms with Crippen LogP contribution in [0.15, 0.2) is 60.7 Å². The molecule has 0 fully saturated rings. The van der Waals surface area contributed by atoms with Gasteiger partial charge in [-0.3, -0.25) is 9.59 Å². The molecule has 3 rings (SSSR count). The van der Waals surface area contributed by atoms with Gasteiger partial charge in [-0.1, -0.05) is 0 Å². The number of primary amides is 2. The lowest BCUT2D eigenvalue weighted by Gasteiger charge is -2.16. The van der Waals surface area contributed by atoms with Crippen LogP contribution >= 0.6 is 0 Å². The van der Waals surface area contributed by atoms with Gasteiger partial charge >= 0.3 is 11.9 Å². The molecule has 2 amide bonds. The first kappa shape index (κ1) is 21.8. The van der Waals surface area contributed by atoms with Crippen molar-refractivity contribution in [3.63, 3.8) is 0 Å². The van der Waals surface area contributed by atoms with E-state index in [4.69, 9.17) is 11.5 Å². The van der Waals surface area contributed by atoms with Gasteiger partial charge in [0.2, 0.25) is 11.8 Å². The van der Waals surface area contributed by atoms with Crippen molar-refractivity contribution in [3.05, 3.63) is 82.9 Å². The number of anilines is 4. The van der Waals surface area contributed by atoms with Crippen molar-refractivity contribution in [2.75, 3.05) is 10.6 Å². The Balaban J connectivity index is 1.99. The Labute approximate surface area is 181 Å². The van der Waals surface area contributed by atoms with E-state index in [0.29, 0.717) is 11.4 Å². The molecule has 0 saturated carbocycles. The van der Waals surface area contributed by atoms with Crippen molar-refractivity contribution in [1.29, 1.82) is 0 Å². The van der Waals surface area contributed by atoms with Crippen molar-refractivity contribution in [1.82, 2.24) is 0 Å². The first-order chi connectivity index (χ1) is 15.2. The van der Waals surface area contributed by atoms with Crippen LogP contribution in [0, 0.1) is 0 Å². The summed E-state index contributed by atoms with van der Waals surface area (Å²) < 4.78 is 0. The highest BCUT2D eigenvalue weighted by atomic mass is 16.4. The molecule has 10 heteroatoms. The number of carboxylic acids is 2. The van der Waals surface area contributed by atoms with Gasteiger partial charge in [0.25, 0.3) is 0 Å². The molecule has 0 spiro atoms. The SMILES string of the molecule is NC(=O)c1ccc(Nc2cc(C(=O)O)c(Nc3ccc(C(N)=O)cc3)cc2C(=O)O)cc1. The summed E-state index contributed by atoms with van der Waals surface area (Å²) in [5.74, 6) is -3.80. The van der Waals surface area contributed by atoms with Crippen LogP contribution in [-0.4, -0.2) is 34.0 Å². The van der Waals surface area contributed by atoms with E-state index in [1.54, 1.807) is 0 Å². The Hall–Kier alpha value is -4.86. The summed E-state index contributed by atoms with van der Waals surface area (Å²) in [5, 5.41) is 25.0. The Morgan fingerprint density at radius 3 is 1.16 bits per heavy atom. The molecule has 0 aliphatic rings. The number of nitrogens with two attached hydrogens (primary N) is 2. The van der Waals surface area contributed by atoms with Gasteiger partial charge < -0.3 is 32.3 Å². The third kappa shape index (κ3) is 4.82. The van der Waals surface area contributed by atoms with Crippen LogP contribution in [0.4, 0.5) is 22.7 Å². The third-order valence-electron chi connectivity index (χ3n) is 4.52. The first-order valence-corrected chi connectivity index (χ1v) is 9.14. The molecule has 0 atom stereocenters. The van der Waals surface area contributed by atoms with Gasteiger partial charge in [-0.25, -0.2) is 9.59 Å². The molecule has 0 heterocycles. The normalized spacial score (nSPS) is 10.2. The number of amides is 2. The summed E-state index contributed by atoms with van der Waals surface area (Å²) in [6, 6.07) is 14.2. The fraction of sp³-hybridized carbons (Fsp3) is 0. The zero-order valence-corrected chi connectivity index (χ0v) is 16.5. The molecular formula is C22H18N4O6. The van der Waals surface area contributed by atoms with Crippen LogP contribution in [-0.2, 0) is 0 Å². The Bertz CT molecular complexity index is 1120. The molecule has 0 radical (unpaired) electrons. The summed E-state index contributed by atoms with van der Waals surface area (Å²) in [4.78, 5) is 46.1. The van der Waals surface area contributed by atoms with Crippen LogP contribution in [0.25, 0.3) is 0 Å². The third-order valence-corrected chi connectivity index (χ3v) is 4.52. The lowest BCUT2D eigenvalue weighted by molar-refractivity contribution is 0.0683. The van der Waals surface area contributed by atoms with E-state index in [0.717, 1.165) is 0 Å². The van der Waals surface area contributed by atoms with Crippen LogP contribution in [0.2, 0.25) is 0 Å². The maximum Gasteiger partial charge on any atom is 0.337 e. The number of carboxylic acid groups (broad SMARTS) is 2. The monoisotopic (exact) mass is 434 g/mol. The van der Waals surface area contributed by atoms with Crippen molar-refractivity contribution in [2.24, 2.45) is 11.5 Å². The van der Waals surface area contributed by atoms with E-state index in [9.17, 15) is 29.4 Å². The van der Waals surface area contributed by atoms with Gasteiger partial charge in [-0.05, 0) is 60.7 Å². The second kappa shape index (κ2) is 8.88. The van der Waals surface area contributed by atoms with E-state index in [2.05, 4.69) is 10.6 Å². The van der Waals surface area contributed by atoms with Crippen LogP contribution < -0.4 is 22.1 Å². The number of nitrogens with one attached hydrogen (secondary N) is 2. The minimum absolute atomic E-state index is 0.0383. The van der Waals surface area contributed by atoms with Crippen LogP contribution in [0.1, 0.15) is 41.4 Å². The molecule has 0 bridgehead atoms. The molecule has 0 saturated heterocycles. The number of benzene rings is 3. The smallest absolute Gasteiger partial charge is 0.337 e. The second-order valence-corrected chi connectivity index (χ2v) is 6.69. The van der Waals surface area contributed by atoms with Crippen LogP contribution in [0.5, 0.6) is 0 Å². The van der Waals surface area contributed by atoms with E-state index in [-0.39, 0.29) is 33.6 Å².